The molecule has 3 heterocycles. The lowest BCUT2D eigenvalue weighted by Crippen LogP contribution is -1.91. The van der Waals surface area contributed by atoms with E-state index in [-0.39, 0.29) is 0 Å². The number of thiophene rings is 1. The van der Waals surface area contributed by atoms with Crippen LogP contribution in [0.5, 0.6) is 0 Å². The van der Waals surface area contributed by atoms with Crippen molar-refractivity contribution in [1.82, 2.24) is 14.5 Å². The summed E-state index contributed by atoms with van der Waals surface area (Å²) in [7, 11) is 2.10. The van der Waals surface area contributed by atoms with E-state index in [0.717, 1.165) is 29.2 Å². The molecular formula is C18H17N3S. The Morgan fingerprint density at radius 3 is 2.73 bits per heavy atom. The van der Waals surface area contributed by atoms with Gasteiger partial charge in [-0.15, -0.1) is 11.3 Å². The van der Waals surface area contributed by atoms with Crippen molar-refractivity contribution in [1.29, 1.82) is 0 Å². The van der Waals surface area contributed by atoms with Gasteiger partial charge in [0.1, 0.15) is 4.83 Å². The molecule has 0 amide bonds. The minimum absolute atomic E-state index is 0.940. The smallest absolute Gasteiger partial charge is 0.155 e. The lowest BCUT2D eigenvalue weighted by Gasteiger charge is -1.99. The Morgan fingerprint density at radius 1 is 1.18 bits per heavy atom. The first kappa shape index (κ1) is 13.3. The van der Waals surface area contributed by atoms with Gasteiger partial charge >= 0.3 is 0 Å². The van der Waals surface area contributed by atoms with Crippen LogP contribution >= 0.6 is 11.3 Å². The second kappa shape index (κ2) is 5.14. The maximum Gasteiger partial charge on any atom is 0.155 e. The van der Waals surface area contributed by atoms with Gasteiger partial charge in [0.05, 0.1) is 11.4 Å². The van der Waals surface area contributed by atoms with E-state index in [1.165, 1.54) is 15.9 Å². The summed E-state index contributed by atoms with van der Waals surface area (Å²) in [4.78, 5) is 9.68. The van der Waals surface area contributed by atoms with Gasteiger partial charge in [0.15, 0.2) is 5.82 Å². The molecule has 0 saturated carbocycles. The fourth-order valence-electron chi connectivity index (χ4n) is 2.90. The number of aromatic amines is 1. The molecule has 1 aromatic carbocycles. The van der Waals surface area contributed by atoms with E-state index in [4.69, 9.17) is 4.98 Å². The third-order valence-electron chi connectivity index (χ3n) is 4.05. The Bertz CT molecular complexity index is 928. The zero-order valence-electron chi connectivity index (χ0n) is 12.6. The molecule has 0 unspecified atom stereocenters. The number of rotatable bonds is 3. The fourth-order valence-corrected chi connectivity index (χ4v) is 3.76. The van der Waals surface area contributed by atoms with Gasteiger partial charge in [0.2, 0.25) is 0 Å². The predicted octanol–water partition coefficient (Wildman–Crippen LogP) is 4.86. The number of hydrogen-bond acceptors (Lipinski definition) is 2. The summed E-state index contributed by atoms with van der Waals surface area (Å²) >= 11 is 1.76. The van der Waals surface area contributed by atoms with Gasteiger partial charge in [-0.05, 0) is 23.9 Å². The SMILES string of the molecule is CCc1[nH]c(-c2cc3ccsc3n2C)nc1-c1ccccc1. The van der Waals surface area contributed by atoms with E-state index < -0.39 is 0 Å². The van der Waals surface area contributed by atoms with Crippen molar-refractivity contribution in [3.8, 4) is 22.8 Å². The van der Waals surface area contributed by atoms with Crippen molar-refractivity contribution in [2.24, 2.45) is 7.05 Å². The van der Waals surface area contributed by atoms with Crippen LogP contribution in [0.15, 0.2) is 47.8 Å². The minimum Gasteiger partial charge on any atom is -0.340 e. The Labute approximate surface area is 133 Å². The molecule has 0 radical (unpaired) electrons. The lowest BCUT2D eigenvalue weighted by atomic mass is 10.1. The molecule has 3 nitrogen and oxygen atoms in total. The molecule has 1 N–H and O–H groups in total. The summed E-state index contributed by atoms with van der Waals surface area (Å²) < 4.78 is 2.22. The number of imidazole rings is 1. The van der Waals surface area contributed by atoms with E-state index in [1.54, 1.807) is 11.3 Å². The van der Waals surface area contributed by atoms with Crippen molar-refractivity contribution in [3.05, 3.63) is 53.5 Å². The zero-order valence-corrected chi connectivity index (χ0v) is 13.4. The highest BCUT2D eigenvalue weighted by atomic mass is 32.1. The molecule has 0 aliphatic rings. The number of H-pyrrole nitrogens is 1. The molecule has 4 aromatic rings. The van der Waals surface area contributed by atoms with E-state index in [9.17, 15) is 0 Å². The van der Waals surface area contributed by atoms with Crippen molar-refractivity contribution in [3.63, 3.8) is 0 Å². The number of nitrogens with one attached hydrogen (secondary N) is 1. The van der Waals surface area contributed by atoms with E-state index in [2.05, 4.69) is 65.3 Å². The topological polar surface area (TPSA) is 33.6 Å². The van der Waals surface area contributed by atoms with Gasteiger partial charge in [0, 0.05) is 23.7 Å². The Hall–Kier alpha value is -2.33. The molecule has 4 rings (SSSR count). The van der Waals surface area contributed by atoms with E-state index in [0.29, 0.717) is 0 Å². The van der Waals surface area contributed by atoms with Crippen molar-refractivity contribution in [2.75, 3.05) is 0 Å². The van der Waals surface area contributed by atoms with Gasteiger partial charge in [0.25, 0.3) is 0 Å². The molecule has 110 valence electrons. The highest BCUT2D eigenvalue weighted by Gasteiger charge is 2.16. The van der Waals surface area contributed by atoms with Crippen LogP contribution in [0.25, 0.3) is 33.0 Å². The first-order valence-corrected chi connectivity index (χ1v) is 8.33. The number of hydrogen-bond donors (Lipinski definition) is 1. The van der Waals surface area contributed by atoms with Crippen LogP contribution in [0.1, 0.15) is 12.6 Å². The normalized spacial score (nSPS) is 11.4. The van der Waals surface area contributed by atoms with Crippen LogP contribution in [0.2, 0.25) is 0 Å². The highest BCUT2D eigenvalue weighted by molar-refractivity contribution is 7.16. The standard InChI is InChI=1S/C18H17N3S/c1-3-14-16(12-7-5-4-6-8-12)20-17(19-14)15-11-13-9-10-22-18(13)21(15)2/h4-11H,3H2,1-2H3,(H,19,20). The molecule has 0 fully saturated rings. The fraction of sp³-hybridized carbons (Fsp3) is 0.167. The van der Waals surface area contributed by atoms with Crippen LogP contribution in [0.4, 0.5) is 0 Å². The monoisotopic (exact) mass is 307 g/mol. The van der Waals surface area contributed by atoms with Gasteiger partial charge in [-0.2, -0.15) is 0 Å². The number of nitrogens with zero attached hydrogens (tertiary/aromatic N) is 2. The molecule has 0 saturated heterocycles. The molecule has 0 bridgehead atoms. The van der Waals surface area contributed by atoms with Crippen molar-refractivity contribution < 1.29 is 0 Å². The number of fused-ring (bicyclic) bond motifs is 1. The summed E-state index contributed by atoms with van der Waals surface area (Å²) in [5, 5.41) is 3.40. The third-order valence-corrected chi connectivity index (χ3v) is 5.06. The van der Waals surface area contributed by atoms with Crippen LogP contribution in [0, 0.1) is 0 Å². The maximum absolute atomic E-state index is 4.89. The summed E-state index contributed by atoms with van der Waals surface area (Å²) in [6.45, 7) is 2.16. The Kier molecular flexibility index (Phi) is 3.12. The summed E-state index contributed by atoms with van der Waals surface area (Å²) in [5.74, 6) is 0.946. The average molecular weight is 307 g/mol. The maximum atomic E-state index is 4.89. The molecule has 4 heteroatoms. The Morgan fingerprint density at radius 2 is 2.00 bits per heavy atom. The van der Waals surface area contributed by atoms with Crippen LogP contribution in [0.3, 0.4) is 0 Å². The first-order chi connectivity index (χ1) is 10.8. The second-order valence-electron chi connectivity index (χ2n) is 5.40. The number of benzene rings is 1. The number of aromatic nitrogens is 3. The minimum atomic E-state index is 0.940. The largest absolute Gasteiger partial charge is 0.340 e. The van der Waals surface area contributed by atoms with Gasteiger partial charge < -0.3 is 9.55 Å². The zero-order chi connectivity index (χ0) is 15.1. The van der Waals surface area contributed by atoms with Crippen LogP contribution < -0.4 is 0 Å². The summed E-state index contributed by atoms with van der Waals surface area (Å²) in [6, 6.07) is 14.7. The Balaban J connectivity index is 1.88. The third kappa shape index (κ3) is 1.99. The highest BCUT2D eigenvalue weighted by Crippen LogP contribution is 2.31. The van der Waals surface area contributed by atoms with Gasteiger partial charge in [-0.1, -0.05) is 37.3 Å². The summed E-state index contributed by atoms with van der Waals surface area (Å²) in [6.07, 6.45) is 0.940. The molecule has 22 heavy (non-hydrogen) atoms. The van der Waals surface area contributed by atoms with Gasteiger partial charge in [-0.3, -0.25) is 0 Å². The first-order valence-electron chi connectivity index (χ1n) is 7.45. The molecule has 0 atom stereocenters. The molecule has 3 aromatic heterocycles. The summed E-state index contributed by atoms with van der Waals surface area (Å²) in [5.41, 5.74) is 4.55. The van der Waals surface area contributed by atoms with Crippen molar-refractivity contribution >= 4 is 21.6 Å². The molecule has 0 aliphatic carbocycles. The van der Waals surface area contributed by atoms with Crippen LogP contribution in [-0.4, -0.2) is 14.5 Å². The molecular weight excluding hydrogens is 290 g/mol. The second-order valence-corrected chi connectivity index (χ2v) is 6.30. The van der Waals surface area contributed by atoms with Gasteiger partial charge in [-0.25, -0.2) is 4.98 Å². The average Bonchev–Trinajstić information content (AvgIpc) is 3.24. The van der Waals surface area contributed by atoms with Crippen molar-refractivity contribution in [2.45, 2.75) is 13.3 Å². The quantitative estimate of drug-likeness (QED) is 0.576. The van der Waals surface area contributed by atoms with E-state index >= 15 is 0 Å². The molecule has 0 aliphatic heterocycles. The van der Waals surface area contributed by atoms with E-state index in [1.807, 2.05) is 6.07 Å². The lowest BCUT2D eigenvalue weighted by molar-refractivity contribution is 0.969. The number of aryl methyl sites for hydroxylation is 2. The predicted molar refractivity (Wildman–Crippen MR) is 93.2 cm³/mol. The molecule has 0 spiro atoms. The van der Waals surface area contributed by atoms with Crippen LogP contribution in [-0.2, 0) is 13.5 Å².